The summed E-state index contributed by atoms with van der Waals surface area (Å²) < 4.78 is 22.8. The Labute approximate surface area is 176 Å². The van der Waals surface area contributed by atoms with E-state index in [1.54, 1.807) is 24.0 Å². The highest BCUT2D eigenvalue weighted by atomic mass is 19.1. The van der Waals surface area contributed by atoms with Crippen molar-refractivity contribution < 1.29 is 8.91 Å². The molecule has 0 aliphatic heterocycles. The van der Waals surface area contributed by atoms with Gasteiger partial charge in [-0.3, -0.25) is 9.36 Å². The molecular weight excluding hydrogens is 399 g/mol. The van der Waals surface area contributed by atoms with Crippen LogP contribution in [0.1, 0.15) is 35.2 Å². The van der Waals surface area contributed by atoms with Crippen LogP contribution in [-0.4, -0.2) is 29.2 Å². The molecule has 0 radical (unpaired) electrons. The molecule has 6 rings (SSSR count). The van der Waals surface area contributed by atoms with Crippen molar-refractivity contribution in [1.29, 1.82) is 0 Å². The zero-order chi connectivity index (χ0) is 21.3. The molecule has 31 heavy (non-hydrogen) atoms. The molecule has 156 valence electrons. The van der Waals surface area contributed by atoms with E-state index < -0.39 is 0 Å². The molecule has 0 spiro atoms. The van der Waals surface area contributed by atoms with Crippen LogP contribution in [0.2, 0.25) is 0 Å². The lowest BCUT2D eigenvalue weighted by Gasteiger charge is -2.07. The van der Waals surface area contributed by atoms with Crippen LogP contribution >= 0.6 is 0 Å². The van der Waals surface area contributed by atoms with Gasteiger partial charge < -0.3 is 9.09 Å². The van der Waals surface area contributed by atoms with E-state index in [1.165, 1.54) is 10.9 Å². The smallest absolute Gasteiger partial charge is 0.280 e. The van der Waals surface area contributed by atoms with Crippen molar-refractivity contribution in [2.45, 2.75) is 25.8 Å². The highest BCUT2D eigenvalue weighted by molar-refractivity contribution is 5.71. The zero-order valence-corrected chi connectivity index (χ0v) is 17.0. The van der Waals surface area contributed by atoms with Crippen molar-refractivity contribution in [1.82, 2.24) is 29.2 Å². The highest BCUT2D eigenvalue weighted by Gasteiger charge is 2.55. The van der Waals surface area contributed by atoms with E-state index in [1.807, 2.05) is 19.1 Å². The van der Waals surface area contributed by atoms with Gasteiger partial charge in [-0.15, -0.1) is 0 Å². The highest BCUT2D eigenvalue weighted by Crippen LogP contribution is 2.62. The molecule has 3 unspecified atom stereocenters. The van der Waals surface area contributed by atoms with E-state index in [0.29, 0.717) is 40.3 Å². The predicted molar refractivity (Wildman–Crippen MR) is 110 cm³/mol. The van der Waals surface area contributed by atoms with Gasteiger partial charge in [0.25, 0.3) is 5.56 Å². The van der Waals surface area contributed by atoms with Crippen molar-refractivity contribution in [3.63, 3.8) is 0 Å². The number of aryl methyl sites for hydroxylation is 2. The Bertz CT molecular complexity index is 1430. The maximum Gasteiger partial charge on any atom is 0.280 e. The van der Waals surface area contributed by atoms with E-state index in [-0.39, 0.29) is 23.8 Å². The molecule has 0 bridgehead atoms. The molecule has 2 aliphatic rings. The van der Waals surface area contributed by atoms with E-state index in [4.69, 9.17) is 4.52 Å². The number of imidazole rings is 1. The molecule has 3 atom stereocenters. The Hall–Kier alpha value is -3.62. The minimum Gasteiger partial charge on any atom is -0.337 e. The number of aromatic nitrogens is 6. The van der Waals surface area contributed by atoms with E-state index in [9.17, 15) is 9.18 Å². The molecule has 8 nitrogen and oxygen atoms in total. The second kappa shape index (κ2) is 6.44. The lowest BCUT2D eigenvalue weighted by Crippen LogP contribution is -2.22. The lowest BCUT2D eigenvalue weighted by molar-refractivity contribution is 0.364. The fourth-order valence-corrected chi connectivity index (χ4v) is 4.69. The van der Waals surface area contributed by atoms with E-state index in [2.05, 4.69) is 26.2 Å². The Kier molecular flexibility index (Phi) is 3.77. The molecular formula is C22H19FN6O2. The van der Waals surface area contributed by atoms with Gasteiger partial charge in [-0.05, 0) is 42.4 Å². The summed E-state index contributed by atoms with van der Waals surface area (Å²) >= 11 is 0. The lowest BCUT2D eigenvalue weighted by atomic mass is 9.99. The summed E-state index contributed by atoms with van der Waals surface area (Å²) in [4.78, 5) is 25.5. The van der Waals surface area contributed by atoms with Gasteiger partial charge in [0.2, 0.25) is 5.89 Å². The molecule has 1 saturated carbocycles. The Morgan fingerprint density at radius 3 is 2.87 bits per heavy atom. The Morgan fingerprint density at radius 1 is 1.26 bits per heavy atom. The van der Waals surface area contributed by atoms with E-state index in [0.717, 1.165) is 17.6 Å². The van der Waals surface area contributed by atoms with Crippen molar-refractivity contribution in [3.8, 4) is 0 Å². The van der Waals surface area contributed by atoms with Crippen LogP contribution in [-0.2, 0) is 13.6 Å². The first-order valence-corrected chi connectivity index (χ1v) is 10.2. The first kappa shape index (κ1) is 18.2. The summed E-state index contributed by atoms with van der Waals surface area (Å²) in [7, 11) is 1.75. The predicted octanol–water partition coefficient (Wildman–Crippen LogP) is 2.83. The summed E-state index contributed by atoms with van der Waals surface area (Å²) in [5.74, 6) is 1.69. The molecule has 4 aromatic rings. The monoisotopic (exact) mass is 418 g/mol. The first-order valence-electron chi connectivity index (χ1n) is 10.2. The summed E-state index contributed by atoms with van der Waals surface area (Å²) in [6.07, 6.45) is 5.95. The summed E-state index contributed by atoms with van der Waals surface area (Å²) in [6.45, 7) is 2.04. The molecule has 3 heterocycles. The van der Waals surface area contributed by atoms with E-state index >= 15 is 0 Å². The number of hydrogen-bond acceptors (Lipinski definition) is 6. The van der Waals surface area contributed by atoms with Gasteiger partial charge in [0.1, 0.15) is 18.7 Å². The molecule has 1 fully saturated rings. The van der Waals surface area contributed by atoms with Crippen LogP contribution in [0.5, 0.6) is 0 Å². The second-order valence-corrected chi connectivity index (χ2v) is 8.40. The largest absolute Gasteiger partial charge is 0.337 e. The van der Waals surface area contributed by atoms with Crippen molar-refractivity contribution in [2.24, 2.45) is 18.9 Å². The zero-order valence-electron chi connectivity index (χ0n) is 17.0. The van der Waals surface area contributed by atoms with Gasteiger partial charge in [-0.2, -0.15) is 4.98 Å². The van der Waals surface area contributed by atoms with Crippen LogP contribution in [0.15, 0.2) is 46.2 Å². The maximum atomic E-state index is 14.3. The molecule has 0 N–H and O–H groups in total. The van der Waals surface area contributed by atoms with Crippen molar-refractivity contribution in [2.75, 3.05) is 0 Å². The van der Waals surface area contributed by atoms with Gasteiger partial charge in [0.05, 0.1) is 6.33 Å². The van der Waals surface area contributed by atoms with Crippen LogP contribution in [0.25, 0.3) is 16.7 Å². The summed E-state index contributed by atoms with van der Waals surface area (Å²) in [5.41, 5.74) is 3.28. The third-order valence-electron chi connectivity index (χ3n) is 6.34. The summed E-state index contributed by atoms with van der Waals surface area (Å²) in [5, 5.41) is 4.14. The number of benzene rings is 1. The van der Waals surface area contributed by atoms with Crippen LogP contribution in [0.3, 0.4) is 0 Å². The molecule has 3 aromatic heterocycles. The number of hydrogen-bond donors (Lipinski definition) is 0. The molecule has 0 saturated heterocycles. The maximum absolute atomic E-state index is 14.3. The van der Waals surface area contributed by atoms with Crippen LogP contribution < -0.4 is 5.56 Å². The van der Waals surface area contributed by atoms with Crippen molar-refractivity contribution in [3.05, 3.63) is 75.9 Å². The van der Waals surface area contributed by atoms with Gasteiger partial charge in [-0.25, -0.2) is 14.4 Å². The van der Waals surface area contributed by atoms with Crippen LogP contribution in [0, 0.1) is 24.6 Å². The molecule has 2 aliphatic carbocycles. The topological polar surface area (TPSA) is 91.6 Å². The standard InChI is InChI=1S/C22H19FN6O2/c1-11-3-4-13(16(23)5-11)12-6-14-15(7-12)18(14)20-26-17(31-27-20)8-29-10-25-21-19(22(29)30)28(2)9-24-21/h3-6,9-10,14-15,18H,7-8H2,1-2H3. The number of halogens is 1. The average molecular weight is 418 g/mol. The Balaban J connectivity index is 1.21. The SMILES string of the molecule is Cc1ccc(C2=CC3C(C2)C3c2noc(Cn3cnc4ncn(C)c4c3=O)n2)c(F)c1. The fourth-order valence-electron chi connectivity index (χ4n) is 4.69. The first-order chi connectivity index (χ1) is 15.0. The summed E-state index contributed by atoms with van der Waals surface area (Å²) in [6, 6.07) is 5.36. The molecule has 9 heteroatoms. The molecule has 1 aromatic carbocycles. The fraction of sp³-hybridized carbons (Fsp3) is 0.318. The number of nitrogens with zero attached hydrogens (tertiary/aromatic N) is 6. The minimum atomic E-state index is -0.208. The number of fused-ring (bicyclic) bond motifs is 2. The Morgan fingerprint density at radius 2 is 2.10 bits per heavy atom. The van der Waals surface area contributed by atoms with Crippen LogP contribution in [0.4, 0.5) is 4.39 Å². The quantitative estimate of drug-likeness (QED) is 0.506. The second-order valence-electron chi connectivity index (χ2n) is 8.40. The number of allylic oxidation sites excluding steroid dienone is 2. The normalized spacial score (nSPS) is 22.0. The third kappa shape index (κ3) is 2.83. The molecule has 0 amide bonds. The third-order valence-corrected chi connectivity index (χ3v) is 6.34. The van der Waals surface area contributed by atoms with Gasteiger partial charge in [0.15, 0.2) is 17.0 Å². The number of rotatable bonds is 4. The average Bonchev–Trinajstić information content (AvgIpc) is 3.16. The van der Waals surface area contributed by atoms with Crippen molar-refractivity contribution >= 4 is 16.7 Å². The van der Waals surface area contributed by atoms with Gasteiger partial charge in [-0.1, -0.05) is 23.4 Å². The van der Waals surface area contributed by atoms with Gasteiger partial charge >= 0.3 is 0 Å². The minimum absolute atomic E-state index is 0.150. The van der Waals surface area contributed by atoms with Gasteiger partial charge in [0, 0.05) is 18.5 Å².